The molecule has 2 aliphatic rings. The zero-order valence-corrected chi connectivity index (χ0v) is 16.2. The second-order valence-electron chi connectivity index (χ2n) is 7.20. The van der Waals surface area contributed by atoms with Gasteiger partial charge in [-0.2, -0.15) is 11.8 Å². The molecule has 146 valence electrons. The summed E-state index contributed by atoms with van der Waals surface area (Å²) in [4.78, 5) is 40.4. The smallest absolute Gasteiger partial charge is 0.305 e. The zero-order chi connectivity index (χ0) is 19.2. The average molecular weight is 391 g/mol. The van der Waals surface area contributed by atoms with Crippen LogP contribution in [0.25, 0.3) is 0 Å². The van der Waals surface area contributed by atoms with E-state index in [0.29, 0.717) is 31.8 Å². The Bertz CT molecular complexity index is 682. The first-order chi connectivity index (χ1) is 13.0. The Kier molecular flexibility index (Phi) is 6.77. The van der Waals surface area contributed by atoms with E-state index in [2.05, 4.69) is 0 Å². The van der Waals surface area contributed by atoms with Crippen LogP contribution in [0, 0.1) is 5.92 Å². The Labute approximate surface area is 163 Å². The Hall–Kier alpha value is -2.02. The SMILES string of the molecule is O=C(O)CC1CSCCN1C(=O)C1CCCN(C(=O)Cc2ccccc2)C1. The molecule has 1 aromatic rings. The molecule has 2 fully saturated rings. The van der Waals surface area contributed by atoms with Crippen molar-refractivity contribution in [2.24, 2.45) is 5.92 Å². The lowest BCUT2D eigenvalue weighted by Gasteiger charge is -2.39. The highest BCUT2D eigenvalue weighted by atomic mass is 32.2. The van der Waals surface area contributed by atoms with Crippen LogP contribution in [-0.2, 0) is 20.8 Å². The van der Waals surface area contributed by atoms with E-state index in [1.165, 1.54) is 0 Å². The van der Waals surface area contributed by atoms with Gasteiger partial charge in [0.25, 0.3) is 0 Å². The van der Waals surface area contributed by atoms with Crippen molar-refractivity contribution >= 4 is 29.5 Å². The summed E-state index contributed by atoms with van der Waals surface area (Å²) in [6.45, 7) is 1.72. The van der Waals surface area contributed by atoms with Gasteiger partial charge < -0.3 is 14.9 Å². The Balaban J connectivity index is 1.61. The lowest BCUT2D eigenvalue weighted by atomic mass is 9.95. The number of hydrogen-bond donors (Lipinski definition) is 1. The minimum atomic E-state index is -0.872. The fourth-order valence-electron chi connectivity index (χ4n) is 3.84. The van der Waals surface area contributed by atoms with Gasteiger partial charge in [0.15, 0.2) is 0 Å². The van der Waals surface area contributed by atoms with Crippen LogP contribution in [0.15, 0.2) is 30.3 Å². The molecule has 0 radical (unpaired) electrons. The highest BCUT2D eigenvalue weighted by Gasteiger charge is 2.35. The first-order valence-corrected chi connectivity index (χ1v) is 10.6. The van der Waals surface area contributed by atoms with Gasteiger partial charge in [-0.05, 0) is 18.4 Å². The highest BCUT2D eigenvalue weighted by Crippen LogP contribution is 2.25. The molecular formula is C20H26N2O4S. The number of carboxylic acids is 1. The monoisotopic (exact) mass is 390 g/mol. The van der Waals surface area contributed by atoms with Crippen LogP contribution in [-0.4, -0.2) is 69.9 Å². The first-order valence-electron chi connectivity index (χ1n) is 9.46. The van der Waals surface area contributed by atoms with Gasteiger partial charge in [-0.1, -0.05) is 30.3 Å². The standard InChI is InChI=1S/C20H26N2O4S/c23-18(11-15-5-2-1-3-6-15)21-8-4-7-16(13-21)20(26)22-9-10-27-14-17(22)12-19(24)25/h1-3,5-6,16-17H,4,7-14H2,(H,24,25). The third-order valence-corrected chi connectivity index (χ3v) is 6.33. The predicted molar refractivity (Wildman–Crippen MR) is 105 cm³/mol. The van der Waals surface area contributed by atoms with E-state index in [-0.39, 0.29) is 30.2 Å². The van der Waals surface area contributed by atoms with E-state index in [0.717, 1.165) is 24.2 Å². The molecule has 0 bridgehead atoms. The molecule has 0 aromatic heterocycles. The first kappa shape index (κ1) is 19.7. The second-order valence-corrected chi connectivity index (χ2v) is 8.35. The third-order valence-electron chi connectivity index (χ3n) is 5.24. The Morgan fingerprint density at radius 2 is 1.93 bits per heavy atom. The van der Waals surface area contributed by atoms with E-state index in [1.54, 1.807) is 21.6 Å². The maximum Gasteiger partial charge on any atom is 0.305 e. The van der Waals surface area contributed by atoms with Gasteiger partial charge in [-0.15, -0.1) is 0 Å². The van der Waals surface area contributed by atoms with Crippen molar-refractivity contribution in [3.63, 3.8) is 0 Å². The van der Waals surface area contributed by atoms with Gasteiger partial charge in [0.05, 0.1) is 24.8 Å². The molecule has 2 unspecified atom stereocenters. The molecule has 27 heavy (non-hydrogen) atoms. The van der Waals surface area contributed by atoms with Crippen molar-refractivity contribution in [2.45, 2.75) is 31.7 Å². The number of piperidine rings is 1. The number of rotatable bonds is 5. The molecule has 2 atom stereocenters. The number of carboxylic acid groups (broad SMARTS) is 1. The van der Waals surface area contributed by atoms with Crippen LogP contribution in [0.3, 0.4) is 0 Å². The number of aliphatic carboxylic acids is 1. The topological polar surface area (TPSA) is 77.9 Å². The summed E-state index contributed by atoms with van der Waals surface area (Å²) in [5, 5.41) is 9.13. The number of carbonyl (C=O) groups is 3. The van der Waals surface area contributed by atoms with Gasteiger partial charge in [-0.3, -0.25) is 14.4 Å². The van der Waals surface area contributed by atoms with Crippen molar-refractivity contribution < 1.29 is 19.5 Å². The van der Waals surface area contributed by atoms with Crippen LogP contribution in [0.1, 0.15) is 24.8 Å². The van der Waals surface area contributed by atoms with Crippen LogP contribution < -0.4 is 0 Å². The molecule has 1 N–H and O–H groups in total. The van der Waals surface area contributed by atoms with Crippen LogP contribution in [0.4, 0.5) is 0 Å². The minimum Gasteiger partial charge on any atom is -0.481 e. The molecule has 1 aromatic carbocycles. The normalized spacial score (nSPS) is 23.1. The number of benzene rings is 1. The summed E-state index contributed by atoms with van der Waals surface area (Å²) in [5.41, 5.74) is 0.977. The zero-order valence-electron chi connectivity index (χ0n) is 15.4. The van der Waals surface area contributed by atoms with Gasteiger partial charge in [0.1, 0.15) is 0 Å². The largest absolute Gasteiger partial charge is 0.481 e. The molecule has 0 saturated carbocycles. The fourth-order valence-corrected chi connectivity index (χ4v) is 4.90. The molecule has 2 heterocycles. The van der Waals surface area contributed by atoms with Crippen molar-refractivity contribution in [2.75, 3.05) is 31.1 Å². The molecule has 2 amide bonds. The maximum absolute atomic E-state index is 13.1. The number of nitrogens with zero attached hydrogens (tertiary/aromatic N) is 2. The lowest BCUT2D eigenvalue weighted by molar-refractivity contribution is -0.144. The summed E-state index contributed by atoms with van der Waals surface area (Å²) >= 11 is 1.70. The number of amides is 2. The van der Waals surface area contributed by atoms with E-state index in [4.69, 9.17) is 5.11 Å². The lowest BCUT2D eigenvalue weighted by Crippen LogP contribution is -2.53. The molecule has 2 saturated heterocycles. The summed E-state index contributed by atoms with van der Waals surface area (Å²) in [6.07, 6.45) is 1.91. The quantitative estimate of drug-likeness (QED) is 0.831. The fraction of sp³-hybridized carbons (Fsp3) is 0.550. The third kappa shape index (κ3) is 5.25. The number of hydrogen-bond acceptors (Lipinski definition) is 4. The molecule has 3 rings (SSSR count). The molecule has 2 aliphatic heterocycles. The van der Waals surface area contributed by atoms with Crippen molar-refractivity contribution in [1.29, 1.82) is 0 Å². The van der Waals surface area contributed by atoms with Gasteiger partial charge in [0.2, 0.25) is 11.8 Å². The van der Waals surface area contributed by atoms with Gasteiger partial charge in [-0.25, -0.2) is 0 Å². The van der Waals surface area contributed by atoms with Crippen LogP contribution in [0.2, 0.25) is 0 Å². The number of carbonyl (C=O) groups excluding carboxylic acids is 2. The predicted octanol–water partition coefficient (Wildman–Crippen LogP) is 1.89. The van der Waals surface area contributed by atoms with Crippen molar-refractivity contribution in [3.05, 3.63) is 35.9 Å². The molecule has 0 spiro atoms. The average Bonchev–Trinajstić information content (AvgIpc) is 2.68. The summed E-state index contributed by atoms with van der Waals surface area (Å²) in [6, 6.07) is 9.39. The number of likely N-dealkylation sites (tertiary alicyclic amines) is 1. The van der Waals surface area contributed by atoms with Crippen molar-refractivity contribution in [1.82, 2.24) is 9.80 Å². The van der Waals surface area contributed by atoms with Gasteiger partial charge in [0, 0.05) is 31.1 Å². The number of thioether (sulfide) groups is 1. The summed E-state index contributed by atoms with van der Waals surface area (Å²) in [7, 11) is 0. The van der Waals surface area contributed by atoms with Crippen LogP contribution >= 0.6 is 11.8 Å². The van der Waals surface area contributed by atoms with E-state index < -0.39 is 5.97 Å². The van der Waals surface area contributed by atoms with E-state index in [1.807, 2.05) is 30.3 Å². The maximum atomic E-state index is 13.1. The molecule has 7 heteroatoms. The Morgan fingerprint density at radius 1 is 1.15 bits per heavy atom. The molecular weight excluding hydrogens is 364 g/mol. The second kappa shape index (κ2) is 9.26. The Morgan fingerprint density at radius 3 is 2.67 bits per heavy atom. The minimum absolute atomic E-state index is 0.0118. The van der Waals surface area contributed by atoms with Crippen molar-refractivity contribution in [3.8, 4) is 0 Å². The van der Waals surface area contributed by atoms with Gasteiger partial charge >= 0.3 is 5.97 Å². The highest BCUT2D eigenvalue weighted by molar-refractivity contribution is 7.99. The van der Waals surface area contributed by atoms with Crippen LogP contribution in [0.5, 0.6) is 0 Å². The summed E-state index contributed by atoms with van der Waals surface area (Å²) < 4.78 is 0. The molecule has 0 aliphatic carbocycles. The summed E-state index contributed by atoms with van der Waals surface area (Å²) in [5.74, 6) is 0.474. The molecule has 6 nitrogen and oxygen atoms in total. The van der Waals surface area contributed by atoms with E-state index in [9.17, 15) is 14.4 Å². The van der Waals surface area contributed by atoms with E-state index >= 15 is 0 Å².